The second kappa shape index (κ2) is 8.65. The molecule has 2 aromatic rings. The average Bonchev–Trinajstić information content (AvgIpc) is 2.64. The lowest BCUT2D eigenvalue weighted by Gasteiger charge is -2.34. The fourth-order valence-electron chi connectivity index (χ4n) is 3.30. The average molecular weight is 323 g/mol. The lowest BCUT2D eigenvalue weighted by atomic mass is 10.0. The van der Waals surface area contributed by atoms with Crippen LogP contribution in [0.25, 0.3) is 0 Å². The van der Waals surface area contributed by atoms with Gasteiger partial charge in [-0.25, -0.2) is 0 Å². The topological polar surface area (TPSA) is 29.5 Å². The van der Waals surface area contributed by atoms with Crippen LogP contribution in [0.2, 0.25) is 0 Å². The van der Waals surface area contributed by atoms with E-state index in [9.17, 15) is 4.79 Å². The summed E-state index contributed by atoms with van der Waals surface area (Å²) in [5.74, 6) is -0.154. The third-order valence-electron chi connectivity index (χ3n) is 4.61. The summed E-state index contributed by atoms with van der Waals surface area (Å²) < 4.78 is 5.64. The van der Waals surface area contributed by atoms with Gasteiger partial charge in [-0.3, -0.25) is 9.69 Å². The van der Waals surface area contributed by atoms with Crippen LogP contribution in [0.3, 0.4) is 0 Å². The monoisotopic (exact) mass is 323 g/mol. The number of piperidine rings is 1. The second-order valence-electron chi connectivity index (χ2n) is 6.37. The quantitative estimate of drug-likeness (QED) is 0.753. The minimum Gasteiger partial charge on any atom is -0.463 e. The highest BCUT2D eigenvalue weighted by Crippen LogP contribution is 2.25. The van der Waals surface area contributed by atoms with E-state index < -0.39 is 0 Å². The first-order valence-corrected chi connectivity index (χ1v) is 8.81. The highest BCUT2D eigenvalue weighted by Gasteiger charge is 2.23. The molecule has 1 atom stereocenters. The van der Waals surface area contributed by atoms with Crippen molar-refractivity contribution in [3.05, 3.63) is 71.8 Å². The Hall–Kier alpha value is -2.13. The van der Waals surface area contributed by atoms with Gasteiger partial charge in [0.05, 0.1) is 12.5 Å². The van der Waals surface area contributed by atoms with E-state index in [1.807, 2.05) is 36.4 Å². The molecule has 1 unspecified atom stereocenters. The number of ether oxygens (including phenoxy) is 1. The number of hydrogen-bond acceptors (Lipinski definition) is 3. The van der Waals surface area contributed by atoms with Crippen molar-refractivity contribution in [3.63, 3.8) is 0 Å². The maximum Gasteiger partial charge on any atom is 0.310 e. The number of likely N-dealkylation sites (tertiary alicyclic amines) is 1. The Morgan fingerprint density at radius 2 is 1.54 bits per heavy atom. The van der Waals surface area contributed by atoms with Crippen LogP contribution >= 0.6 is 0 Å². The molecule has 0 spiro atoms. The summed E-state index contributed by atoms with van der Waals surface area (Å²) in [6, 6.07) is 20.3. The van der Waals surface area contributed by atoms with Gasteiger partial charge in [0.15, 0.2) is 0 Å². The Morgan fingerprint density at radius 3 is 2.21 bits per heavy atom. The van der Waals surface area contributed by atoms with Crippen molar-refractivity contribution in [2.24, 2.45) is 0 Å². The van der Waals surface area contributed by atoms with Crippen molar-refractivity contribution in [2.75, 3.05) is 19.7 Å². The zero-order valence-electron chi connectivity index (χ0n) is 14.1. The van der Waals surface area contributed by atoms with E-state index >= 15 is 0 Å². The van der Waals surface area contributed by atoms with Gasteiger partial charge in [0.25, 0.3) is 0 Å². The number of carbonyl (C=O) groups excluding carboxylic acids is 1. The van der Waals surface area contributed by atoms with Gasteiger partial charge in [0, 0.05) is 0 Å². The zero-order chi connectivity index (χ0) is 16.6. The molecule has 3 nitrogen and oxygen atoms in total. The molecule has 2 aromatic carbocycles. The predicted octanol–water partition coefficient (Wildman–Crippen LogP) is 4.00. The van der Waals surface area contributed by atoms with Crippen molar-refractivity contribution in [1.29, 1.82) is 0 Å². The first kappa shape index (κ1) is 16.7. The summed E-state index contributed by atoms with van der Waals surface area (Å²) in [4.78, 5) is 14.6. The summed E-state index contributed by atoms with van der Waals surface area (Å²) in [6.45, 7) is 2.58. The molecule has 126 valence electrons. The molecule has 24 heavy (non-hydrogen) atoms. The van der Waals surface area contributed by atoms with Crippen LogP contribution in [-0.2, 0) is 16.0 Å². The number of carbonyl (C=O) groups is 1. The molecule has 3 heteroatoms. The molecule has 3 rings (SSSR count). The van der Waals surface area contributed by atoms with E-state index in [2.05, 4.69) is 29.2 Å². The van der Waals surface area contributed by atoms with Gasteiger partial charge >= 0.3 is 5.97 Å². The number of nitrogens with zero attached hydrogens (tertiary/aromatic N) is 1. The minimum absolute atomic E-state index is 0.154. The number of rotatable bonds is 6. The van der Waals surface area contributed by atoms with Crippen molar-refractivity contribution >= 4 is 5.97 Å². The van der Waals surface area contributed by atoms with Crippen LogP contribution in [0.5, 0.6) is 0 Å². The molecule has 0 radical (unpaired) electrons. The Bertz CT molecular complexity index is 621. The molecule has 0 bridgehead atoms. The molecule has 1 fully saturated rings. The van der Waals surface area contributed by atoms with Gasteiger partial charge in [-0.1, -0.05) is 67.1 Å². The molecule has 0 aromatic heterocycles. The van der Waals surface area contributed by atoms with Gasteiger partial charge in [-0.05, 0) is 37.1 Å². The summed E-state index contributed by atoms with van der Waals surface area (Å²) in [7, 11) is 0. The van der Waals surface area contributed by atoms with Gasteiger partial charge in [0.2, 0.25) is 0 Å². The van der Waals surface area contributed by atoms with Gasteiger partial charge in [-0.2, -0.15) is 0 Å². The molecule has 1 saturated heterocycles. The summed E-state index contributed by atoms with van der Waals surface area (Å²) >= 11 is 0. The van der Waals surface area contributed by atoms with E-state index in [0.717, 1.165) is 18.7 Å². The third kappa shape index (κ3) is 4.68. The van der Waals surface area contributed by atoms with Crippen molar-refractivity contribution in [3.8, 4) is 0 Å². The minimum atomic E-state index is -0.154. The maximum absolute atomic E-state index is 12.2. The van der Waals surface area contributed by atoms with E-state index in [0.29, 0.717) is 13.0 Å². The SMILES string of the molecule is O=C(Cc1ccccc1)OCC(c1ccccc1)N1CCCCC1. The van der Waals surface area contributed by atoms with Gasteiger partial charge in [0.1, 0.15) is 6.61 Å². The van der Waals surface area contributed by atoms with Gasteiger partial charge < -0.3 is 4.74 Å². The molecule has 1 aliphatic heterocycles. The van der Waals surface area contributed by atoms with Crippen LogP contribution in [-0.4, -0.2) is 30.6 Å². The fraction of sp³-hybridized carbons (Fsp3) is 0.381. The summed E-state index contributed by atoms with van der Waals surface area (Å²) in [5, 5.41) is 0. The van der Waals surface area contributed by atoms with Crippen LogP contribution in [0, 0.1) is 0 Å². The van der Waals surface area contributed by atoms with E-state index in [1.165, 1.54) is 24.8 Å². The fourth-order valence-corrected chi connectivity index (χ4v) is 3.30. The first-order chi connectivity index (χ1) is 11.8. The lowest BCUT2D eigenvalue weighted by molar-refractivity contribution is -0.144. The molecule has 0 aliphatic carbocycles. The number of esters is 1. The van der Waals surface area contributed by atoms with Crippen LogP contribution in [0.4, 0.5) is 0 Å². The highest BCUT2D eigenvalue weighted by atomic mass is 16.5. The highest BCUT2D eigenvalue weighted by molar-refractivity contribution is 5.72. The number of hydrogen-bond donors (Lipinski definition) is 0. The molecule has 0 N–H and O–H groups in total. The molecule has 0 saturated carbocycles. The number of benzene rings is 2. The third-order valence-corrected chi connectivity index (χ3v) is 4.61. The molecule has 1 aliphatic rings. The Kier molecular flexibility index (Phi) is 6.02. The van der Waals surface area contributed by atoms with Crippen LogP contribution < -0.4 is 0 Å². The van der Waals surface area contributed by atoms with Crippen LogP contribution in [0.15, 0.2) is 60.7 Å². The van der Waals surface area contributed by atoms with E-state index in [-0.39, 0.29) is 12.0 Å². The van der Waals surface area contributed by atoms with Crippen molar-refractivity contribution in [1.82, 2.24) is 4.90 Å². The summed E-state index contributed by atoms with van der Waals surface area (Å²) in [6.07, 6.45) is 4.08. The first-order valence-electron chi connectivity index (χ1n) is 8.81. The molecule has 0 amide bonds. The van der Waals surface area contributed by atoms with Crippen LogP contribution in [0.1, 0.15) is 36.4 Å². The Labute approximate surface area is 144 Å². The predicted molar refractivity (Wildman–Crippen MR) is 95.7 cm³/mol. The molecule has 1 heterocycles. The zero-order valence-corrected chi connectivity index (χ0v) is 14.1. The summed E-state index contributed by atoms with van der Waals surface area (Å²) in [5.41, 5.74) is 2.23. The molecular formula is C21H25NO2. The second-order valence-corrected chi connectivity index (χ2v) is 6.37. The standard InChI is InChI=1S/C21H25NO2/c23-21(16-18-10-4-1-5-11-18)24-17-20(19-12-6-2-7-13-19)22-14-8-3-9-15-22/h1-2,4-7,10-13,20H,3,8-9,14-17H2. The maximum atomic E-state index is 12.2. The lowest BCUT2D eigenvalue weighted by Crippen LogP contribution is -2.36. The normalized spacial score (nSPS) is 16.5. The largest absolute Gasteiger partial charge is 0.463 e. The molecular weight excluding hydrogens is 298 g/mol. The van der Waals surface area contributed by atoms with Crippen molar-refractivity contribution in [2.45, 2.75) is 31.7 Å². The van der Waals surface area contributed by atoms with Crippen molar-refractivity contribution < 1.29 is 9.53 Å². The van der Waals surface area contributed by atoms with Gasteiger partial charge in [-0.15, -0.1) is 0 Å². The van der Waals surface area contributed by atoms with E-state index in [4.69, 9.17) is 4.74 Å². The Morgan fingerprint density at radius 1 is 0.917 bits per heavy atom. The van der Waals surface area contributed by atoms with E-state index in [1.54, 1.807) is 0 Å². The Balaban J connectivity index is 1.62. The smallest absolute Gasteiger partial charge is 0.310 e.